The lowest BCUT2D eigenvalue weighted by Gasteiger charge is -2.14. The molecule has 0 aliphatic carbocycles. The fourth-order valence-corrected chi connectivity index (χ4v) is 1.22. The Balaban J connectivity index is 2.64. The minimum absolute atomic E-state index is 0.115. The third-order valence-corrected chi connectivity index (χ3v) is 1.81. The lowest BCUT2D eigenvalue weighted by molar-refractivity contribution is 0.265. The summed E-state index contributed by atoms with van der Waals surface area (Å²) >= 11 is 0. The number of hydrogen-bond acceptors (Lipinski definition) is 4. The van der Waals surface area contributed by atoms with E-state index in [1.54, 1.807) is 18.6 Å². The first-order valence-corrected chi connectivity index (χ1v) is 4.48. The quantitative estimate of drug-likeness (QED) is 0.695. The summed E-state index contributed by atoms with van der Waals surface area (Å²) in [5, 5.41) is 12.1. The molecule has 0 saturated carbocycles. The van der Waals surface area contributed by atoms with Gasteiger partial charge in [0.25, 0.3) is 0 Å². The summed E-state index contributed by atoms with van der Waals surface area (Å²) < 4.78 is 0. The second kappa shape index (κ2) is 5.61. The van der Waals surface area contributed by atoms with Crippen LogP contribution >= 0.6 is 0 Å². The first kappa shape index (κ1) is 10.1. The van der Waals surface area contributed by atoms with Crippen LogP contribution < -0.4 is 5.32 Å². The summed E-state index contributed by atoms with van der Waals surface area (Å²) in [7, 11) is 0. The molecule has 1 aromatic rings. The second-order valence-electron chi connectivity index (χ2n) is 2.75. The van der Waals surface area contributed by atoms with E-state index < -0.39 is 0 Å². The fraction of sp³-hybridized carbons (Fsp3) is 0.556. The van der Waals surface area contributed by atoms with Gasteiger partial charge in [-0.2, -0.15) is 0 Å². The van der Waals surface area contributed by atoms with Crippen molar-refractivity contribution >= 4 is 0 Å². The maximum atomic E-state index is 8.84. The molecule has 0 fully saturated rings. The molecule has 0 bridgehead atoms. The van der Waals surface area contributed by atoms with Gasteiger partial charge in [-0.15, -0.1) is 0 Å². The maximum Gasteiger partial charge on any atom is 0.0756 e. The van der Waals surface area contributed by atoms with E-state index in [0.717, 1.165) is 12.2 Å². The summed E-state index contributed by atoms with van der Waals surface area (Å²) in [6.45, 7) is 3.05. The highest BCUT2D eigenvalue weighted by atomic mass is 16.3. The number of aliphatic hydroxyl groups excluding tert-OH is 1. The van der Waals surface area contributed by atoms with Gasteiger partial charge in [0, 0.05) is 25.2 Å². The average Bonchev–Trinajstić information content (AvgIpc) is 2.19. The lowest BCUT2D eigenvalue weighted by atomic mass is 10.1. The van der Waals surface area contributed by atoms with Crippen molar-refractivity contribution in [3.8, 4) is 0 Å². The standard InChI is InChI=1S/C9H15N3O/c1-2-11-8(3-6-13)9-7-10-4-5-12-9/h4-5,7-8,11,13H,2-3,6H2,1H3. The van der Waals surface area contributed by atoms with Gasteiger partial charge in [-0.25, -0.2) is 0 Å². The predicted molar refractivity (Wildman–Crippen MR) is 50.2 cm³/mol. The number of nitrogens with one attached hydrogen (secondary N) is 1. The van der Waals surface area contributed by atoms with E-state index in [-0.39, 0.29) is 12.6 Å². The molecule has 1 rings (SSSR count). The van der Waals surface area contributed by atoms with Gasteiger partial charge in [0.05, 0.1) is 11.7 Å². The van der Waals surface area contributed by atoms with Crippen molar-refractivity contribution in [2.45, 2.75) is 19.4 Å². The van der Waals surface area contributed by atoms with Crippen molar-refractivity contribution in [1.29, 1.82) is 0 Å². The van der Waals surface area contributed by atoms with Crippen LogP contribution in [0, 0.1) is 0 Å². The van der Waals surface area contributed by atoms with Gasteiger partial charge in [0.1, 0.15) is 0 Å². The van der Waals surface area contributed by atoms with E-state index in [9.17, 15) is 0 Å². The summed E-state index contributed by atoms with van der Waals surface area (Å²) in [6, 6.07) is 0.115. The van der Waals surface area contributed by atoms with Gasteiger partial charge >= 0.3 is 0 Å². The summed E-state index contributed by atoms with van der Waals surface area (Å²) in [4.78, 5) is 8.17. The van der Waals surface area contributed by atoms with Crippen LogP contribution in [0.4, 0.5) is 0 Å². The van der Waals surface area contributed by atoms with Crippen molar-refractivity contribution in [2.75, 3.05) is 13.2 Å². The van der Waals surface area contributed by atoms with E-state index in [0.29, 0.717) is 6.42 Å². The van der Waals surface area contributed by atoms with E-state index >= 15 is 0 Å². The number of aliphatic hydroxyl groups is 1. The normalized spacial score (nSPS) is 12.8. The second-order valence-corrected chi connectivity index (χ2v) is 2.75. The zero-order chi connectivity index (χ0) is 9.52. The van der Waals surface area contributed by atoms with E-state index in [1.165, 1.54) is 0 Å². The van der Waals surface area contributed by atoms with Gasteiger partial charge in [-0.3, -0.25) is 9.97 Å². The van der Waals surface area contributed by atoms with Crippen molar-refractivity contribution < 1.29 is 5.11 Å². The molecule has 0 spiro atoms. The molecule has 72 valence electrons. The Kier molecular flexibility index (Phi) is 4.35. The van der Waals surface area contributed by atoms with E-state index in [1.807, 2.05) is 6.92 Å². The molecule has 0 saturated heterocycles. The topological polar surface area (TPSA) is 58.0 Å². The third-order valence-electron chi connectivity index (χ3n) is 1.81. The lowest BCUT2D eigenvalue weighted by Crippen LogP contribution is -2.22. The van der Waals surface area contributed by atoms with Crippen LogP contribution in [-0.4, -0.2) is 28.2 Å². The number of nitrogens with zero attached hydrogens (tertiary/aromatic N) is 2. The SMILES string of the molecule is CCNC(CCO)c1cnccn1. The van der Waals surface area contributed by atoms with Crippen molar-refractivity contribution in [1.82, 2.24) is 15.3 Å². The Bertz CT molecular complexity index is 222. The molecule has 1 unspecified atom stereocenters. The largest absolute Gasteiger partial charge is 0.396 e. The molecule has 0 amide bonds. The van der Waals surface area contributed by atoms with Crippen LogP contribution in [0.25, 0.3) is 0 Å². The Morgan fingerprint density at radius 2 is 2.38 bits per heavy atom. The van der Waals surface area contributed by atoms with Gasteiger partial charge in [0.15, 0.2) is 0 Å². The molecule has 13 heavy (non-hydrogen) atoms. The van der Waals surface area contributed by atoms with Crippen molar-refractivity contribution in [3.63, 3.8) is 0 Å². The molecule has 0 radical (unpaired) electrons. The first-order valence-electron chi connectivity index (χ1n) is 4.48. The minimum Gasteiger partial charge on any atom is -0.396 e. The molecule has 4 heteroatoms. The molecule has 1 heterocycles. The Morgan fingerprint density at radius 3 is 2.92 bits per heavy atom. The third kappa shape index (κ3) is 3.08. The highest BCUT2D eigenvalue weighted by molar-refractivity contribution is 5.01. The zero-order valence-corrected chi connectivity index (χ0v) is 7.77. The van der Waals surface area contributed by atoms with Crippen molar-refractivity contribution in [3.05, 3.63) is 24.3 Å². The van der Waals surface area contributed by atoms with Crippen LogP contribution in [-0.2, 0) is 0 Å². The van der Waals surface area contributed by atoms with E-state index in [4.69, 9.17) is 5.11 Å². The zero-order valence-electron chi connectivity index (χ0n) is 7.77. The van der Waals surface area contributed by atoms with Crippen LogP contribution in [0.1, 0.15) is 25.1 Å². The Hall–Kier alpha value is -1.00. The minimum atomic E-state index is 0.115. The van der Waals surface area contributed by atoms with E-state index in [2.05, 4.69) is 15.3 Å². The molecule has 1 atom stereocenters. The summed E-state index contributed by atoms with van der Waals surface area (Å²) in [5.41, 5.74) is 0.887. The summed E-state index contributed by atoms with van der Waals surface area (Å²) in [5.74, 6) is 0. The van der Waals surface area contributed by atoms with Crippen LogP contribution in [0.2, 0.25) is 0 Å². The molecule has 0 aromatic carbocycles. The highest BCUT2D eigenvalue weighted by Crippen LogP contribution is 2.11. The fourth-order valence-electron chi connectivity index (χ4n) is 1.22. The van der Waals surface area contributed by atoms with Crippen LogP contribution in [0.5, 0.6) is 0 Å². The Morgan fingerprint density at radius 1 is 1.54 bits per heavy atom. The highest BCUT2D eigenvalue weighted by Gasteiger charge is 2.09. The van der Waals surface area contributed by atoms with Gasteiger partial charge in [0.2, 0.25) is 0 Å². The van der Waals surface area contributed by atoms with Crippen molar-refractivity contribution in [2.24, 2.45) is 0 Å². The molecule has 1 aromatic heterocycles. The number of hydrogen-bond donors (Lipinski definition) is 2. The number of aromatic nitrogens is 2. The molecule has 2 N–H and O–H groups in total. The molecule has 4 nitrogen and oxygen atoms in total. The molecule has 0 aliphatic rings. The average molecular weight is 181 g/mol. The predicted octanol–water partition coefficient (Wildman–Crippen LogP) is 0.510. The number of rotatable bonds is 5. The van der Waals surface area contributed by atoms with Crippen LogP contribution in [0.15, 0.2) is 18.6 Å². The monoisotopic (exact) mass is 181 g/mol. The first-order chi connectivity index (χ1) is 6.38. The van der Waals surface area contributed by atoms with Gasteiger partial charge < -0.3 is 10.4 Å². The maximum absolute atomic E-state index is 8.84. The van der Waals surface area contributed by atoms with Crippen LogP contribution in [0.3, 0.4) is 0 Å². The molecular weight excluding hydrogens is 166 g/mol. The van der Waals surface area contributed by atoms with Gasteiger partial charge in [-0.1, -0.05) is 6.92 Å². The molecule has 0 aliphatic heterocycles. The van der Waals surface area contributed by atoms with Gasteiger partial charge in [-0.05, 0) is 13.0 Å². The Labute approximate surface area is 78.0 Å². The summed E-state index contributed by atoms with van der Waals surface area (Å²) in [6.07, 6.45) is 5.71. The smallest absolute Gasteiger partial charge is 0.0756 e. The molecular formula is C9H15N3O.